The normalized spacial score (nSPS) is 23.5. The molecule has 218 valence electrons. The first-order valence-electron chi connectivity index (χ1n) is 13.9. The zero-order valence-electron chi connectivity index (χ0n) is 24.5. The van der Waals surface area contributed by atoms with E-state index >= 15 is 0 Å². The van der Waals surface area contributed by atoms with Gasteiger partial charge in [0, 0.05) is 30.9 Å². The second-order valence-corrected chi connectivity index (χ2v) is 10.9. The molecule has 39 heavy (non-hydrogen) atoms. The third-order valence-electron chi connectivity index (χ3n) is 7.51. The summed E-state index contributed by atoms with van der Waals surface area (Å²) < 4.78 is 17.0. The molecule has 6 atom stereocenters. The van der Waals surface area contributed by atoms with E-state index in [-0.39, 0.29) is 41.6 Å². The number of aliphatic hydroxyl groups is 2. The van der Waals surface area contributed by atoms with Crippen molar-refractivity contribution in [1.29, 1.82) is 0 Å². The van der Waals surface area contributed by atoms with Crippen LogP contribution in [-0.2, 0) is 16.0 Å². The van der Waals surface area contributed by atoms with E-state index in [0.717, 1.165) is 0 Å². The number of methoxy groups -OCH3 is 2. The van der Waals surface area contributed by atoms with Gasteiger partial charge in [-0.15, -0.1) is 0 Å². The lowest BCUT2D eigenvalue weighted by Crippen LogP contribution is -2.37. The van der Waals surface area contributed by atoms with Crippen molar-refractivity contribution in [2.75, 3.05) is 20.8 Å². The largest absolute Gasteiger partial charge is 0.497 e. The quantitative estimate of drug-likeness (QED) is 0.294. The number of esters is 1. The second-order valence-electron chi connectivity index (χ2n) is 10.9. The van der Waals surface area contributed by atoms with Crippen molar-refractivity contribution in [2.24, 2.45) is 23.7 Å². The van der Waals surface area contributed by atoms with Crippen LogP contribution in [0.1, 0.15) is 69.8 Å². The second kappa shape index (κ2) is 15.7. The molecule has 1 aliphatic rings. The summed E-state index contributed by atoms with van der Waals surface area (Å²) in [4.78, 5) is 25.3. The maximum absolute atomic E-state index is 13.6. The Morgan fingerprint density at radius 1 is 1.13 bits per heavy atom. The van der Waals surface area contributed by atoms with Gasteiger partial charge in [-0.05, 0) is 42.7 Å². The minimum atomic E-state index is -0.725. The fourth-order valence-corrected chi connectivity index (χ4v) is 4.64. The van der Waals surface area contributed by atoms with Gasteiger partial charge in [0.2, 0.25) is 5.91 Å². The van der Waals surface area contributed by atoms with Gasteiger partial charge in [-0.2, -0.15) is 0 Å². The average molecular weight is 546 g/mol. The minimum absolute atomic E-state index is 0.000666. The number of fused-ring (bicyclic) bond motifs is 1. The fraction of sp³-hybridized carbons (Fsp3) is 0.613. The molecular formula is C31H47NO7. The number of nitrogens with one attached hydrogen (secondary N) is 1. The third kappa shape index (κ3) is 9.39. The first-order valence-corrected chi connectivity index (χ1v) is 13.9. The van der Waals surface area contributed by atoms with Gasteiger partial charge in [0.25, 0.3) is 0 Å². The third-order valence-corrected chi connectivity index (χ3v) is 7.51. The Bertz CT molecular complexity index is 1000. The predicted octanol–water partition coefficient (Wildman–Crippen LogP) is 4.47. The number of hydrogen-bond acceptors (Lipinski definition) is 7. The highest BCUT2D eigenvalue weighted by molar-refractivity contribution is 5.94. The Labute approximate surface area is 233 Å². The van der Waals surface area contributed by atoms with E-state index in [9.17, 15) is 19.8 Å². The van der Waals surface area contributed by atoms with Gasteiger partial charge in [0.15, 0.2) is 0 Å². The predicted molar refractivity (Wildman–Crippen MR) is 152 cm³/mol. The molecule has 0 aliphatic carbocycles. The number of benzene rings is 1. The highest BCUT2D eigenvalue weighted by Gasteiger charge is 2.32. The van der Waals surface area contributed by atoms with E-state index in [4.69, 9.17) is 14.2 Å². The average Bonchev–Trinajstić information content (AvgIpc) is 2.91. The lowest BCUT2D eigenvalue weighted by molar-refractivity contribution is -0.123. The fourth-order valence-electron chi connectivity index (χ4n) is 4.64. The highest BCUT2D eigenvalue weighted by atomic mass is 16.5. The zero-order valence-corrected chi connectivity index (χ0v) is 24.5. The molecule has 1 aliphatic heterocycles. The van der Waals surface area contributed by atoms with Gasteiger partial charge in [0.1, 0.15) is 23.2 Å². The summed E-state index contributed by atoms with van der Waals surface area (Å²) in [6.07, 6.45) is 7.81. The number of carbonyl (C=O) groups is 2. The van der Waals surface area contributed by atoms with E-state index in [1.165, 1.54) is 14.2 Å². The summed E-state index contributed by atoms with van der Waals surface area (Å²) in [7, 11) is 3.02. The zero-order chi connectivity index (χ0) is 29.1. The Morgan fingerprint density at radius 3 is 2.46 bits per heavy atom. The van der Waals surface area contributed by atoms with Crippen LogP contribution in [0.25, 0.3) is 0 Å². The summed E-state index contributed by atoms with van der Waals surface area (Å²) in [6.45, 7) is 9.96. The SMILES string of the molecule is COc1cc2c(c(OC)c1)C(=O)O[C@H]([C@@H](C)[C@H](O)[C@H](C)C/C=C\CNC(=O)C(C)C)C/C=C\C[C@H](C)[C@H](O)C2. The maximum Gasteiger partial charge on any atom is 0.342 e. The first-order chi connectivity index (χ1) is 18.5. The maximum atomic E-state index is 13.6. The molecule has 0 fully saturated rings. The molecule has 1 aromatic rings. The number of allylic oxidation sites excluding steroid dienone is 2. The summed E-state index contributed by atoms with van der Waals surface area (Å²) in [5, 5.41) is 24.8. The number of amides is 1. The molecule has 0 saturated carbocycles. The van der Waals surface area contributed by atoms with Gasteiger partial charge in [-0.3, -0.25) is 4.79 Å². The van der Waals surface area contributed by atoms with E-state index in [2.05, 4.69) is 5.32 Å². The Hall–Kier alpha value is -2.84. The molecule has 0 aromatic heterocycles. The van der Waals surface area contributed by atoms with Crippen molar-refractivity contribution in [3.63, 3.8) is 0 Å². The molecule has 0 spiro atoms. The molecule has 0 unspecified atom stereocenters. The Balaban J connectivity index is 2.24. The molecule has 8 nitrogen and oxygen atoms in total. The van der Waals surface area contributed by atoms with Crippen LogP contribution in [0.3, 0.4) is 0 Å². The lowest BCUT2D eigenvalue weighted by Gasteiger charge is -2.31. The number of ether oxygens (including phenoxy) is 3. The smallest absolute Gasteiger partial charge is 0.342 e. The minimum Gasteiger partial charge on any atom is -0.497 e. The molecule has 1 amide bonds. The summed E-state index contributed by atoms with van der Waals surface area (Å²) in [5.74, 6) is -0.253. The van der Waals surface area contributed by atoms with E-state index < -0.39 is 24.3 Å². The highest BCUT2D eigenvalue weighted by Crippen LogP contribution is 2.33. The molecule has 3 N–H and O–H groups in total. The number of carbonyl (C=O) groups excluding carboxylic acids is 2. The van der Waals surface area contributed by atoms with Crippen molar-refractivity contribution >= 4 is 11.9 Å². The summed E-state index contributed by atoms with van der Waals surface area (Å²) in [5.41, 5.74) is 0.857. The van der Waals surface area contributed by atoms with E-state index in [0.29, 0.717) is 42.9 Å². The molecule has 0 saturated heterocycles. The number of rotatable bonds is 10. The van der Waals surface area contributed by atoms with E-state index in [1.807, 2.05) is 58.9 Å². The Morgan fingerprint density at radius 2 is 1.82 bits per heavy atom. The first kappa shape index (κ1) is 32.4. The number of cyclic esters (lactones) is 1. The van der Waals surface area contributed by atoms with Gasteiger partial charge in [0.05, 0.1) is 26.4 Å². The molecular weight excluding hydrogens is 498 g/mol. The topological polar surface area (TPSA) is 114 Å². The van der Waals surface area contributed by atoms with Crippen molar-refractivity contribution in [1.82, 2.24) is 5.32 Å². The Kier molecular flexibility index (Phi) is 13.0. The van der Waals surface area contributed by atoms with Crippen molar-refractivity contribution < 1.29 is 34.0 Å². The monoisotopic (exact) mass is 545 g/mol. The molecule has 0 radical (unpaired) electrons. The number of hydrogen-bond donors (Lipinski definition) is 3. The van der Waals surface area contributed by atoms with Crippen LogP contribution in [-0.4, -0.2) is 61.2 Å². The molecule has 1 aromatic carbocycles. The van der Waals surface area contributed by atoms with Crippen LogP contribution >= 0.6 is 0 Å². The van der Waals surface area contributed by atoms with E-state index in [1.54, 1.807) is 12.1 Å². The summed E-state index contributed by atoms with van der Waals surface area (Å²) in [6, 6.07) is 3.37. The van der Waals surface area contributed by atoms with Crippen LogP contribution in [0.2, 0.25) is 0 Å². The van der Waals surface area contributed by atoms with Crippen LogP contribution in [0.15, 0.2) is 36.4 Å². The molecule has 0 bridgehead atoms. The molecule has 8 heteroatoms. The van der Waals surface area contributed by atoms with Crippen molar-refractivity contribution in [3.8, 4) is 11.5 Å². The number of aliphatic hydroxyl groups excluding tert-OH is 2. The van der Waals surface area contributed by atoms with Crippen LogP contribution < -0.4 is 14.8 Å². The van der Waals surface area contributed by atoms with Gasteiger partial charge in [-0.1, -0.05) is 58.9 Å². The summed E-state index contributed by atoms with van der Waals surface area (Å²) >= 11 is 0. The van der Waals surface area contributed by atoms with Crippen LogP contribution in [0.4, 0.5) is 0 Å². The lowest BCUT2D eigenvalue weighted by atomic mass is 9.85. The molecule has 2 rings (SSSR count). The van der Waals surface area contributed by atoms with Crippen LogP contribution in [0, 0.1) is 23.7 Å². The van der Waals surface area contributed by atoms with Gasteiger partial charge in [-0.25, -0.2) is 4.79 Å². The standard InChI is InChI=1S/C31H47NO7/c1-19(2)30(35)32-15-11-10-13-21(4)29(34)22(5)26-14-9-8-12-20(3)25(33)17-23-16-24(37-6)18-27(38-7)28(23)31(36)39-26/h8-11,16,18-22,25-26,29,33-34H,12-15,17H2,1-7H3,(H,32,35)/b9-8-,11-10-/t20-,21+,22+,25+,26-,29+/m0/s1. The van der Waals surface area contributed by atoms with Crippen molar-refractivity contribution in [3.05, 3.63) is 47.6 Å². The van der Waals surface area contributed by atoms with Gasteiger partial charge < -0.3 is 29.7 Å². The van der Waals surface area contributed by atoms with Crippen LogP contribution in [0.5, 0.6) is 11.5 Å². The van der Waals surface area contributed by atoms with Crippen molar-refractivity contribution in [2.45, 2.75) is 78.6 Å². The molecule has 1 heterocycles. The van der Waals surface area contributed by atoms with Gasteiger partial charge >= 0.3 is 5.97 Å².